The van der Waals surface area contributed by atoms with Crippen molar-refractivity contribution in [3.63, 3.8) is 0 Å². The highest BCUT2D eigenvalue weighted by Crippen LogP contribution is 2.30. The van der Waals surface area contributed by atoms with Crippen LogP contribution in [0.25, 0.3) is 0 Å². The van der Waals surface area contributed by atoms with Crippen molar-refractivity contribution in [3.05, 3.63) is 70.7 Å². The summed E-state index contributed by atoms with van der Waals surface area (Å²) in [5, 5.41) is 11.0. The van der Waals surface area contributed by atoms with Gasteiger partial charge in [0.15, 0.2) is 0 Å². The monoisotopic (exact) mass is 270 g/mol. The minimum atomic E-state index is -0.603. The van der Waals surface area contributed by atoms with Crippen LogP contribution >= 0.6 is 11.6 Å². The summed E-state index contributed by atoms with van der Waals surface area (Å²) in [7, 11) is 0. The molecule has 0 fully saturated rings. The zero-order valence-corrected chi connectivity index (χ0v) is 11.2. The second kappa shape index (κ2) is 6.43. The van der Waals surface area contributed by atoms with E-state index >= 15 is 0 Å². The lowest BCUT2D eigenvalue weighted by atomic mass is 9.85. The molecule has 0 radical (unpaired) electrons. The summed E-state index contributed by atoms with van der Waals surface area (Å²) in [6.07, 6.45) is 5.03. The lowest BCUT2D eigenvalue weighted by molar-refractivity contribution is 0.162. The van der Waals surface area contributed by atoms with E-state index in [0.717, 1.165) is 11.1 Å². The highest BCUT2D eigenvalue weighted by molar-refractivity contribution is 6.30. The number of aliphatic hydroxyl groups is 1. The van der Waals surface area contributed by atoms with Crippen LogP contribution in [0.15, 0.2) is 54.6 Å². The molecule has 2 atom stereocenters. The highest BCUT2D eigenvalue weighted by atomic mass is 35.5. The molecule has 0 heterocycles. The van der Waals surface area contributed by atoms with E-state index in [9.17, 15) is 5.11 Å². The Kier molecular flexibility index (Phi) is 4.63. The Balaban J connectivity index is 2.40. The van der Waals surface area contributed by atoms with Gasteiger partial charge in [0.1, 0.15) is 0 Å². The molecule has 1 nitrogen and oxygen atoms in total. The van der Waals surface area contributed by atoms with E-state index in [-0.39, 0.29) is 5.92 Å². The second-order valence-electron chi connectivity index (χ2n) is 4.42. The summed E-state index contributed by atoms with van der Waals surface area (Å²) >= 11 is 5.91. The molecular weight excluding hydrogens is 256 g/mol. The van der Waals surface area contributed by atoms with Crippen molar-refractivity contribution < 1.29 is 5.11 Å². The molecule has 2 aromatic carbocycles. The molecule has 0 aliphatic rings. The van der Waals surface area contributed by atoms with Crippen LogP contribution in [0.1, 0.15) is 23.5 Å². The van der Waals surface area contributed by atoms with Gasteiger partial charge in [0.25, 0.3) is 0 Å². The van der Waals surface area contributed by atoms with E-state index in [1.54, 1.807) is 0 Å². The summed E-state index contributed by atoms with van der Waals surface area (Å²) in [5.74, 6) is 2.39. The topological polar surface area (TPSA) is 20.2 Å². The Morgan fingerprint density at radius 3 is 2.16 bits per heavy atom. The van der Waals surface area contributed by atoms with Crippen molar-refractivity contribution in [2.24, 2.45) is 0 Å². The minimum Gasteiger partial charge on any atom is -0.391 e. The summed E-state index contributed by atoms with van der Waals surface area (Å²) in [6, 6.07) is 17.4. The Labute approximate surface area is 118 Å². The van der Waals surface area contributed by atoms with Gasteiger partial charge in [-0.15, -0.1) is 12.3 Å². The molecule has 0 bridgehead atoms. The van der Waals surface area contributed by atoms with E-state index in [4.69, 9.17) is 18.0 Å². The van der Waals surface area contributed by atoms with E-state index in [1.807, 2.05) is 54.6 Å². The zero-order chi connectivity index (χ0) is 13.7. The molecular formula is C17H15ClO. The van der Waals surface area contributed by atoms with Gasteiger partial charge in [-0.05, 0) is 23.3 Å². The molecule has 0 aliphatic heterocycles. The number of halogens is 1. The Bertz CT molecular complexity index is 554. The van der Waals surface area contributed by atoms with Gasteiger partial charge in [0.05, 0.1) is 6.10 Å². The largest absolute Gasteiger partial charge is 0.391 e. The van der Waals surface area contributed by atoms with Gasteiger partial charge in [-0.1, -0.05) is 54.1 Å². The van der Waals surface area contributed by atoms with Crippen molar-refractivity contribution in [2.45, 2.75) is 18.4 Å². The van der Waals surface area contributed by atoms with Crippen LogP contribution < -0.4 is 0 Å². The van der Waals surface area contributed by atoms with E-state index in [0.29, 0.717) is 11.4 Å². The first-order valence-corrected chi connectivity index (χ1v) is 6.52. The molecule has 0 saturated heterocycles. The van der Waals surface area contributed by atoms with Crippen molar-refractivity contribution in [2.75, 3.05) is 0 Å². The van der Waals surface area contributed by atoms with E-state index < -0.39 is 6.10 Å². The van der Waals surface area contributed by atoms with Crippen molar-refractivity contribution in [1.29, 1.82) is 0 Å². The van der Waals surface area contributed by atoms with E-state index in [1.165, 1.54) is 0 Å². The van der Waals surface area contributed by atoms with Gasteiger partial charge in [0, 0.05) is 17.4 Å². The summed E-state index contributed by atoms with van der Waals surface area (Å²) < 4.78 is 0. The fraction of sp³-hybridized carbons (Fsp3) is 0.176. The Morgan fingerprint density at radius 1 is 1.00 bits per heavy atom. The van der Waals surface area contributed by atoms with Gasteiger partial charge in [0.2, 0.25) is 0 Å². The Hall–Kier alpha value is -1.75. The smallest absolute Gasteiger partial charge is 0.0758 e. The third-order valence-electron chi connectivity index (χ3n) is 3.10. The van der Waals surface area contributed by atoms with Gasteiger partial charge in [-0.25, -0.2) is 0 Å². The Morgan fingerprint density at radius 2 is 1.58 bits per heavy atom. The molecule has 0 aliphatic carbocycles. The van der Waals surface area contributed by atoms with Gasteiger partial charge in [-0.2, -0.15) is 0 Å². The first-order chi connectivity index (χ1) is 9.22. The molecule has 2 unspecified atom stereocenters. The van der Waals surface area contributed by atoms with Crippen molar-refractivity contribution in [1.82, 2.24) is 0 Å². The number of hydrogen-bond donors (Lipinski definition) is 1. The maximum Gasteiger partial charge on any atom is 0.0758 e. The molecule has 0 saturated carbocycles. The lowest BCUT2D eigenvalue weighted by Crippen LogP contribution is -2.19. The molecule has 19 heavy (non-hydrogen) atoms. The lowest BCUT2D eigenvalue weighted by Gasteiger charge is -2.22. The van der Waals surface area contributed by atoms with Crippen LogP contribution in [0.4, 0.5) is 0 Å². The number of aliphatic hydroxyl groups excluding tert-OH is 1. The predicted octanol–water partition coefficient (Wildman–Crippen LogP) is 3.86. The highest BCUT2D eigenvalue weighted by Gasteiger charge is 2.22. The summed E-state index contributed by atoms with van der Waals surface area (Å²) in [4.78, 5) is 0. The maximum absolute atomic E-state index is 10.3. The predicted molar refractivity (Wildman–Crippen MR) is 79.2 cm³/mol. The standard InChI is InChI=1S/C17H15ClO/c1-2-6-16(19)17(13-7-4-3-5-8-13)14-9-11-15(18)12-10-14/h1,3-5,7-12,16-17,19H,6H2. The van der Waals surface area contributed by atoms with E-state index in [2.05, 4.69) is 5.92 Å². The number of terminal acetylenes is 1. The third-order valence-corrected chi connectivity index (χ3v) is 3.35. The van der Waals surface area contributed by atoms with Crippen LogP contribution in [0, 0.1) is 12.3 Å². The van der Waals surface area contributed by atoms with Crippen LogP contribution in [-0.4, -0.2) is 11.2 Å². The minimum absolute atomic E-state index is 0.130. The molecule has 0 amide bonds. The quantitative estimate of drug-likeness (QED) is 0.837. The maximum atomic E-state index is 10.3. The molecule has 96 valence electrons. The van der Waals surface area contributed by atoms with Gasteiger partial charge in [-0.3, -0.25) is 0 Å². The first kappa shape index (κ1) is 13.7. The average molecular weight is 271 g/mol. The fourth-order valence-electron chi connectivity index (χ4n) is 2.21. The van der Waals surface area contributed by atoms with Crippen LogP contribution in [0.3, 0.4) is 0 Å². The van der Waals surface area contributed by atoms with Crippen LogP contribution in [-0.2, 0) is 0 Å². The second-order valence-corrected chi connectivity index (χ2v) is 4.85. The van der Waals surface area contributed by atoms with Gasteiger partial charge < -0.3 is 5.11 Å². The molecule has 0 spiro atoms. The first-order valence-electron chi connectivity index (χ1n) is 6.14. The molecule has 0 aromatic heterocycles. The third kappa shape index (κ3) is 3.38. The average Bonchev–Trinajstić information content (AvgIpc) is 2.43. The van der Waals surface area contributed by atoms with Crippen LogP contribution in [0.2, 0.25) is 5.02 Å². The summed E-state index contributed by atoms with van der Waals surface area (Å²) in [5.41, 5.74) is 2.06. The normalized spacial score (nSPS) is 13.5. The number of benzene rings is 2. The van der Waals surface area contributed by atoms with Crippen LogP contribution in [0.5, 0.6) is 0 Å². The molecule has 2 heteroatoms. The SMILES string of the molecule is C#CCC(O)C(c1ccccc1)c1ccc(Cl)cc1. The van der Waals surface area contributed by atoms with Gasteiger partial charge >= 0.3 is 0 Å². The summed E-state index contributed by atoms with van der Waals surface area (Å²) in [6.45, 7) is 0. The van der Waals surface area contributed by atoms with Crippen molar-refractivity contribution in [3.8, 4) is 12.3 Å². The molecule has 2 aromatic rings. The number of hydrogen-bond acceptors (Lipinski definition) is 1. The zero-order valence-electron chi connectivity index (χ0n) is 10.5. The number of rotatable bonds is 4. The molecule has 1 N–H and O–H groups in total. The molecule has 2 rings (SSSR count). The fourth-order valence-corrected chi connectivity index (χ4v) is 2.33. The van der Waals surface area contributed by atoms with Crippen molar-refractivity contribution >= 4 is 11.6 Å².